The molecule has 26 heavy (non-hydrogen) atoms. The molecule has 4 saturated carbocycles. The molecule has 4 bridgehead atoms. The standard InChI is InChI=1S/C19H21NO6/c1-24-15(21)18-9-12-8-13(18)14(18)19(12,16(22)25-2)20-17(23)26-10-11-6-4-3-5-7-11/h3-7,12-14H,8-10H2,1-2H3,(H,20,23)/t12-,13-,14-,18-,19+/m1/s1. The van der Waals surface area contributed by atoms with E-state index in [2.05, 4.69) is 5.32 Å². The van der Waals surface area contributed by atoms with Crippen LogP contribution in [0.25, 0.3) is 0 Å². The summed E-state index contributed by atoms with van der Waals surface area (Å²) in [4.78, 5) is 37.3. The highest BCUT2D eigenvalue weighted by molar-refractivity contribution is 5.94. The Morgan fingerprint density at radius 3 is 2.42 bits per heavy atom. The van der Waals surface area contributed by atoms with Gasteiger partial charge in [-0.25, -0.2) is 9.59 Å². The minimum atomic E-state index is -1.21. The lowest BCUT2D eigenvalue weighted by Crippen LogP contribution is -2.58. The van der Waals surface area contributed by atoms with Crippen molar-refractivity contribution < 1.29 is 28.6 Å². The average Bonchev–Trinajstić information content (AvgIpc) is 2.95. The summed E-state index contributed by atoms with van der Waals surface area (Å²) in [7, 11) is 2.64. The van der Waals surface area contributed by atoms with Gasteiger partial charge < -0.3 is 19.5 Å². The van der Waals surface area contributed by atoms with Crippen LogP contribution in [0.5, 0.6) is 0 Å². The molecule has 4 aliphatic rings. The van der Waals surface area contributed by atoms with E-state index < -0.39 is 23.0 Å². The van der Waals surface area contributed by atoms with Gasteiger partial charge in [0.05, 0.1) is 19.6 Å². The molecule has 1 aromatic carbocycles. The lowest BCUT2D eigenvalue weighted by Gasteiger charge is -2.31. The Labute approximate surface area is 151 Å². The van der Waals surface area contributed by atoms with Crippen molar-refractivity contribution in [3.8, 4) is 0 Å². The fourth-order valence-electron chi connectivity index (χ4n) is 5.44. The van der Waals surface area contributed by atoms with Gasteiger partial charge in [0.25, 0.3) is 0 Å². The van der Waals surface area contributed by atoms with E-state index in [0.29, 0.717) is 12.8 Å². The number of hydrogen-bond acceptors (Lipinski definition) is 6. The van der Waals surface area contributed by atoms with Crippen molar-refractivity contribution in [2.24, 2.45) is 23.2 Å². The highest BCUT2D eigenvalue weighted by Crippen LogP contribution is 2.82. The zero-order valence-corrected chi connectivity index (χ0v) is 14.7. The maximum absolute atomic E-state index is 12.6. The molecule has 4 fully saturated rings. The van der Waals surface area contributed by atoms with Crippen molar-refractivity contribution in [2.75, 3.05) is 14.2 Å². The number of esters is 2. The summed E-state index contributed by atoms with van der Waals surface area (Å²) < 4.78 is 15.2. The summed E-state index contributed by atoms with van der Waals surface area (Å²) in [6.45, 7) is 0.102. The van der Waals surface area contributed by atoms with E-state index >= 15 is 0 Å². The van der Waals surface area contributed by atoms with Crippen molar-refractivity contribution in [3.05, 3.63) is 35.9 Å². The normalized spacial score (nSPS) is 35.5. The third kappa shape index (κ3) is 2.03. The minimum Gasteiger partial charge on any atom is -0.469 e. The Morgan fingerprint density at radius 2 is 1.81 bits per heavy atom. The lowest BCUT2D eigenvalue weighted by atomic mass is 9.88. The Hall–Kier alpha value is -2.57. The zero-order valence-electron chi connectivity index (χ0n) is 14.7. The van der Waals surface area contributed by atoms with Gasteiger partial charge in [0.1, 0.15) is 12.1 Å². The van der Waals surface area contributed by atoms with Gasteiger partial charge in [0.15, 0.2) is 0 Å². The third-order valence-electron chi connectivity index (χ3n) is 6.38. The Kier molecular flexibility index (Phi) is 3.71. The molecule has 5 rings (SSSR count). The predicted octanol–water partition coefficient (Wildman–Crippen LogP) is 1.65. The molecular formula is C19H21NO6. The van der Waals surface area contributed by atoms with Gasteiger partial charge in [0, 0.05) is 5.92 Å². The van der Waals surface area contributed by atoms with Gasteiger partial charge >= 0.3 is 18.0 Å². The van der Waals surface area contributed by atoms with Gasteiger partial charge in [0.2, 0.25) is 0 Å². The highest BCUT2D eigenvalue weighted by Gasteiger charge is 2.90. The molecule has 0 spiro atoms. The van der Waals surface area contributed by atoms with Crippen molar-refractivity contribution in [3.63, 3.8) is 0 Å². The van der Waals surface area contributed by atoms with Crippen LogP contribution in [-0.2, 0) is 30.4 Å². The van der Waals surface area contributed by atoms with Gasteiger partial charge in [-0.3, -0.25) is 4.79 Å². The summed E-state index contributed by atoms with van der Waals surface area (Å²) in [6, 6.07) is 9.28. The Balaban J connectivity index is 1.52. The molecule has 7 nitrogen and oxygen atoms in total. The number of alkyl carbamates (subject to hydrolysis) is 1. The van der Waals surface area contributed by atoms with Crippen LogP contribution >= 0.6 is 0 Å². The topological polar surface area (TPSA) is 90.9 Å². The second-order valence-corrected chi connectivity index (χ2v) is 7.30. The van der Waals surface area contributed by atoms with E-state index in [0.717, 1.165) is 5.56 Å². The molecule has 0 aliphatic heterocycles. The minimum absolute atomic E-state index is 0.0495. The van der Waals surface area contributed by atoms with E-state index in [9.17, 15) is 14.4 Å². The van der Waals surface area contributed by atoms with E-state index in [1.807, 2.05) is 30.3 Å². The maximum Gasteiger partial charge on any atom is 0.408 e. The van der Waals surface area contributed by atoms with Crippen molar-refractivity contribution in [1.29, 1.82) is 0 Å². The molecule has 0 aromatic heterocycles. The third-order valence-corrected chi connectivity index (χ3v) is 6.38. The first-order valence-corrected chi connectivity index (χ1v) is 8.66. The second kappa shape index (κ2) is 5.72. The number of rotatable bonds is 5. The number of benzene rings is 1. The summed E-state index contributed by atoms with van der Waals surface area (Å²) >= 11 is 0. The van der Waals surface area contributed by atoms with Crippen molar-refractivity contribution in [1.82, 2.24) is 5.32 Å². The number of methoxy groups -OCH3 is 2. The summed E-state index contributed by atoms with van der Waals surface area (Å²) in [5.41, 5.74) is -1.03. The average molecular weight is 359 g/mol. The van der Waals surface area contributed by atoms with E-state index in [-0.39, 0.29) is 30.3 Å². The van der Waals surface area contributed by atoms with Gasteiger partial charge in [-0.15, -0.1) is 0 Å². The van der Waals surface area contributed by atoms with Crippen LogP contribution < -0.4 is 5.32 Å². The first kappa shape index (κ1) is 16.9. The molecule has 4 aliphatic carbocycles. The van der Waals surface area contributed by atoms with Crippen molar-refractivity contribution in [2.45, 2.75) is 25.0 Å². The van der Waals surface area contributed by atoms with Gasteiger partial charge in [-0.05, 0) is 30.2 Å². The molecule has 1 amide bonds. The number of carbonyl (C=O) groups is 3. The largest absolute Gasteiger partial charge is 0.469 e. The van der Waals surface area contributed by atoms with Crippen LogP contribution in [0.15, 0.2) is 30.3 Å². The lowest BCUT2D eigenvalue weighted by molar-refractivity contribution is -0.151. The monoisotopic (exact) mass is 359 g/mol. The molecule has 7 heteroatoms. The van der Waals surface area contributed by atoms with Crippen LogP contribution in [0.1, 0.15) is 18.4 Å². The number of hydrogen-bond donors (Lipinski definition) is 1. The first-order valence-electron chi connectivity index (χ1n) is 8.66. The van der Waals surface area contributed by atoms with Crippen molar-refractivity contribution >= 4 is 18.0 Å². The summed E-state index contributed by atoms with van der Waals surface area (Å²) in [5, 5.41) is 2.76. The number of nitrogens with one attached hydrogen (secondary N) is 1. The van der Waals surface area contributed by atoms with Crippen LogP contribution in [0.4, 0.5) is 4.79 Å². The maximum atomic E-state index is 12.6. The zero-order chi connectivity index (χ0) is 18.5. The molecule has 138 valence electrons. The Bertz CT molecular complexity index is 765. The SMILES string of the molecule is COC(=O)[C@]12C[C@H]3C[C@@H]1[C@H]2[C@]3(NC(=O)OCc1ccccc1)C(=O)OC. The smallest absolute Gasteiger partial charge is 0.408 e. The van der Waals surface area contributed by atoms with E-state index in [1.54, 1.807) is 0 Å². The molecule has 0 radical (unpaired) electrons. The number of carbonyl (C=O) groups excluding carboxylic acids is 3. The molecule has 0 heterocycles. The second-order valence-electron chi connectivity index (χ2n) is 7.30. The van der Waals surface area contributed by atoms with E-state index in [4.69, 9.17) is 14.2 Å². The van der Waals surface area contributed by atoms with Crippen LogP contribution in [-0.4, -0.2) is 37.8 Å². The van der Waals surface area contributed by atoms with Gasteiger partial charge in [-0.1, -0.05) is 30.3 Å². The fraction of sp³-hybridized carbons (Fsp3) is 0.526. The van der Waals surface area contributed by atoms with Crippen LogP contribution in [0.2, 0.25) is 0 Å². The summed E-state index contributed by atoms with van der Waals surface area (Å²) in [6.07, 6.45) is 0.550. The Morgan fingerprint density at radius 1 is 1.12 bits per heavy atom. The predicted molar refractivity (Wildman–Crippen MR) is 88.7 cm³/mol. The molecular weight excluding hydrogens is 338 g/mol. The molecule has 1 N–H and O–H groups in total. The number of ether oxygens (including phenoxy) is 3. The fourth-order valence-corrected chi connectivity index (χ4v) is 5.44. The summed E-state index contributed by atoms with van der Waals surface area (Å²) in [5.74, 6) is -1.21. The van der Waals surface area contributed by atoms with Gasteiger partial charge in [-0.2, -0.15) is 0 Å². The quantitative estimate of drug-likeness (QED) is 0.635. The molecule has 0 unspecified atom stereocenters. The number of amides is 1. The van der Waals surface area contributed by atoms with Crippen LogP contribution in [0, 0.1) is 23.2 Å². The molecule has 5 atom stereocenters. The molecule has 0 saturated heterocycles. The van der Waals surface area contributed by atoms with E-state index in [1.165, 1.54) is 14.2 Å². The first-order chi connectivity index (χ1) is 12.5. The van der Waals surface area contributed by atoms with Crippen LogP contribution in [0.3, 0.4) is 0 Å². The molecule has 1 aromatic rings. The highest BCUT2D eigenvalue weighted by atomic mass is 16.6.